The summed E-state index contributed by atoms with van der Waals surface area (Å²) in [6.45, 7) is 8.33. The number of hydrogen-bond donors (Lipinski definition) is 1. The number of carbonyl (C=O) groups excluding carboxylic acids is 1. The standard InChI is InChI=1S/C25H29NO3/c1-15(2)20-14-21(16(3)11-23(20)28-5)17(4)26-25(27)22-12-18-9-7-8-10-19(18)13-24(22)29-6/h7-15,17H,1-6H3,(H,26,27)/t17-/m0/s1. The van der Waals surface area contributed by atoms with Crippen LogP contribution in [0.2, 0.25) is 0 Å². The molecule has 0 radical (unpaired) electrons. The smallest absolute Gasteiger partial charge is 0.255 e. The SMILES string of the molecule is COc1cc2ccccc2cc1C(=O)N[C@@H](C)c1cc(C(C)C)c(OC)cc1C. The fraction of sp³-hybridized carbons (Fsp3) is 0.320. The molecule has 3 rings (SSSR count). The Labute approximate surface area is 172 Å². The number of ether oxygens (including phenoxy) is 2. The van der Waals surface area contributed by atoms with E-state index in [4.69, 9.17) is 9.47 Å². The number of aryl methyl sites for hydroxylation is 1. The first-order chi connectivity index (χ1) is 13.8. The van der Waals surface area contributed by atoms with Crippen molar-refractivity contribution in [1.82, 2.24) is 5.32 Å². The maximum atomic E-state index is 13.1. The maximum Gasteiger partial charge on any atom is 0.255 e. The van der Waals surface area contributed by atoms with Gasteiger partial charge in [0.25, 0.3) is 5.91 Å². The minimum Gasteiger partial charge on any atom is -0.496 e. The van der Waals surface area contributed by atoms with Gasteiger partial charge in [-0.2, -0.15) is 0 Å². The Balaban J connectivity index is 1.93. The predicted octanol–water partition coefficient (Wildman–Crippen LogP) is 5.78. The zero-order valence-electron chi connectivity index (χ0n) is 18.0. The first kappa shape index (κ1) is 20.7. The third-order valence-electron chi connectivity index (χ3n) is 5.37. The normalized spacial score (nSPS) is 12.1. The summed E-state index contributed by atoms with van der Waals surface area (Å²) in [6, 6.07) is 15.8. The van der Waals surface area contributed by atoms with Crippen LogP contribution in [0.25, 0.3) is 10.8 Å². The first-order valence-corrected chi connectivity index (χ1v) is 9.91. The number of nitrogens with one attached hydrogen (secondary N) is 1. The van der Waals surface area contributed by atoms with Crippen molar-refractivity contribution in [2.45, 2.75) is 39.7 Å². The van der Waals surface area contributed by atoms with Gasteiger partial charge in [0.05, 0.1) is 25.8 Å². The fourth-order valence-corrected chi connectivity index (χ4v) is 3.73. The topological polar surface area (TPSA) is 47.6 Å². The fourth-order valence-electron chi connectivity index (χ4n) is 3.73. The van der Waals surface area contributed by atoms with Gasteiger partial charge >= 0.3 is 0 Å². The Morgan fingerprint density at radius 1 is 0.862 bits per heavy atom. The second-order valence-electron chi connectivity index (χ2n) is 7.70. The van der Waals surface area contributed by atoms with Gasteiger partial charge < -0.3 is 14.8 Å². The molecular formula is C25H29NO3. The molecule has 1 atom stereocenters. The lowest BCUT2D eigenvalue weighted by Crippen LogP contribution is -2.27. The van der Waals surface area contributed by atoms with Gasteiger partial charge in [-0.3, -0.25) is 4.79 Å². The zero-order valence-corrected chi connectivity index (χ0v) is 18.0. The summed E-state index contributed by atoms with van der Waals surface area (Å²) in [5.41, 5.74) is 3.85. The monoisotopic (exact) mass is 391 g/mol. The molecule has 0 saturated carbocycles. The molecule has 1 amide bonds. The Hall–Kier alpha value is -3.01. The van der Waals surface area contributed by atoms with Gasteiger partial charge in [-0.05, 0) is 71.5 Å². The zero-order chi connectivity index (χ0) is 21.1. The van der Waals surface area contributed by atoms with Crippen molar-refractivity contribution < 1.29 is 14.3 Å². The summed E-state index contributed by atoms with van der Waals surface area (Å²) >= 11 is 0. The van der Waals surface area contributed by atoms with Crippen LogP contribution in [-0.2, 0) is 0 Å². The highest BCUT2D eigenvalue weighted by molar-refractivity contribution is 6.01. The van der Waals surface area contributed by atoms with Gasteiger partial charge in [-0.25, -0.2) is 0 Å². The summed E-state index contributed by atoms with van der Waals surface area (Å²) in [4.78, 5) is 13.1. The third kappa shape index (κ3) is 4.21. The first-order valence-electron chi connectivity index (χ1n) is 9.91. The van der Waals surface area contributed by atoms with E-state index in [1.54, 1.807) is 14.2 Å². The van der Waals surface area contributed by atoms with E-state index >= 15 is 0 Å². The number of hydrogen-bond acceptors (Lipinski definition) is 3. The molecule has 0 heterocycles. The second kappa shape index (κ2) is 8.56. The van der Waals surface area contributed by atoms with E-state index in [1.165, 1.54) is 0 Å². The van der Waals surface area contributed by atoms with Gasteiger partial charge in [0.2, 0.25) is 0 Å². The van der Waals surface area contributed by atoms with Gasteiger partial charge in [-0.15, -0.1) is 0 Å². The van der Waals surface area contributed by atoms with Crippen molar-refractivity contribution in [3.8, 4) is 11.5 Å². The molecule has 4 nitrogen and oxygen atoms in total. The van der Waals surface area contributed by atoms with Crippen LogP contribution >= 0.6 is 0 Å². The average molecular weight is 392 g/mol. The van der Waals surface area contributed by atoms with E-state index in [1.807, 2.05) is 56.3 Å². The van der Waals surface area contributed by atoms with Crippen LogP contribution in [0.5, 0.6) is 11.5 Å². The molecular weight excluding hydrogens is 362 g/mol. The van der Waals surface area contributed by atoms with Crippen LogP contribution in [0.1, 0.15) is 59.8 Å². The summed E-state index contributed by atoms with van der Waals surface area (Å²) in [6.07, 6.45) is 0. The van der Waals surface area contributed by atoms with Crippen molar-refractivity contribution in [2.75, 3.05) is 14.2 Å². The maximum absolute atomic E-state index is 13.1. The summed E-state index contributed by atoms with van der Waals surface area (Å²) in [5, 5.41) is 5.19. The minimum absolute atomic E-state index is 0.151. The van der Waals surface area contributed by atoms with E-state index in [2.05, 4.69) is 25.2 Å². The predicted molar refractivity (Wildman–Crippen MR) is 118 cm³/mol. The molecule has 0 spiro atoms. The molecule has 3 aromatic carbocycles. The summed E-state index contributed by atoms with van der Waals surface area (Å²) in [5.74, 6) is 1.63. The molecule has 0 aliphatic heterocycles. The molecule has 0 unspecified atom stereocenters. The van der Waals surface area contributed by atoms with Crippen molar-refractivity contribution >= 4 is 16.7 Å². The molecule has 1 N–H and O–H groups in total. The van der Waals surface area contributed by atoms with Crippen molar-refractivity contribution in [1.29, 1.82) is 0 Å². The quantitative estimate of drug-likeness (QED) is 0.579. The lowest BCUT2D eigenvalue weighted by Gasteiger charge is -2.21. The average Bonchev–Trinajstić information content (AvgIpc) is 2.71. The van der Waals surface area contributed by atoms with Crippen LogP contribution < -0.4 is 14.8 Å². The molecule has 29 heavy (non-hydrogen) atoms. The van der Waals surface area contributed by atoms with Crippen LogP contribution in [0.15, 0.2) is 48.5 Å². The highest BCUT2D eigenvalue weighted by Gasteiger charge is 2.20. The second-order valence-corrected chi connectivity index (χ2v) is 7.70. The molecule has 0 saturated heterocycles. The summed E-state index contributed by atoms with van der Waals surface area (Å²) < 4.78 is 11.0. The largest absolute Gasteiger partial charge is 0.496 e. The van der Waals surface area contributed by atoms with E-state index in [0.717, 1.165) is 33.2 Å². The summed E-state index contributed by atoms with van der Waals surface area (Å²) in [7, 11) is 3.28. The van der Waals surface area contributed by atoms with Gasteiger partial charge in [0, 0.05) is 0 Å². The number of fused-ring (bicyclic) bond motifs is 1. The van der Waals surface area contributed by atoms with Crippen molar-refractivity contribution in [3.05, 3.63) is 70.8 Å². The molecule has 0 aromatic heterocycles. The van der Waals surface area contributed by atoms with E-state index in [9.17, 15) is 4.79 Å². The third-order valence-corrected chi connectivity index (χ3v) is 5.37. The van der Waals surface area contributed by atoms with Crippen LogP contribution in [-0.4, -0.2) is 20.1 Å². The van der Waals surface area contributed by atoms with Gasteiger partial charge in [0.15, 0.2) is 0 Å². The molecule has 152 valence electrons. The van der Waals surface area contributed by atoms with E-state index < -0.39 is 0 Å². The minimum atomic E-state index is -0.151. The molecule has 0 fully saturated rings. The molecule has 0 aliphatic rings. The molecule has 0 bridgehead atoms. The number of amides is 1. The highest BCUT2D eigenvalue weighted by atomic mass is 16.5. The van der Waals surface area contributed by atoms with Gasteiger partial charge in [0.1, 0.15) is 11.5 Å². The number of rotatable bonds is 6. The number of methoxy groups -OCH3 is 2. The Kier molecular flexibility index (Phi) is 6.12. The Morgan fingerprint density at radius 3 is 2.07 bits per heavy atom. The van der Waals surface area contributed by atoms with Crippen molar-refractivity contribution in [2.24, 2.45) is 0 Å². The van der Waals surface area contributed by atoms with Gasteiger partial charge in [-0.1, -0.05) is 38.1 Å². The lowest BCUT2D eigenvalue weighted by molar-refractivity contribution is 0.0937. The number of carbonyl (C=O) groups is 1. The lowest BCUT2D eigenvalue weighted by atomic mass is 9.93. The number of benzene rings is 3. The highest BCUT2D eigenvalue weighted by Crippen LogP contribution is 2.32. The molecule has 4 heteroatoms. The molecule has 0 aliphatic carbocycles. The van der Waals surface area contributed by atoms with E-state index in [0.29, 0.717) is 17.2 Å². The van der Waals surface area contributed by atoms with Crippen LogP contribution in [0.3, 0.4) is 0 Å². The Morgan fingerprint density at radius 2 is 1.48 bits per heavy atom. The van der Waals surface area contributed by atoms with E-state index in [-0.39, 0.29) is 11.9 Å². The van der Waals surface area contributed by atoms with Crippen molar-refractivity contribution in [3.63, 3.8) is 0 Å². The van der Waals surface area contributed by atoms with Crippen LogP contribution in [0, 0.1) is 6.92 Å². The van der Waals surface area contributed by atoms with Crippen LogP contribution in [0.4, 0.5) is 0 Å². The molecule has 3 aromatic rings. The Bertz CT molecular complexity index is 1040.